The van der Waals surface area contributed by atoms with Gasteiger partial charge in [0.2, 0.25) is 5.69 Å². The van der Waals surface area contributed by atoms with Crippen LogP contribution in [0.5, 0.6) is 0 Å². The molecular weight excluding hydrogens is 723 g/mol. The van der Waals surface area contributed by atoms with Gasteiger partial charge in [-0.1, -0.05) is 146 Å². The number of rotatable bonds is 5. The van der Waals surface area contributed by atoms with Gasteiger partial charge in [-0.3, -0.25) is 0 Å². The van der Waals surface area contributed by atoms with Gasteiger partial charge in [0.1, 0.15) is 11.2 Å². The van der Waals surface area contributed by atoms with Crippen molar-refractivity contribution in [3.8, 4) is 45.3 Å². The van der Waals surface area contributed by atoms with Gasteiger partial charge in [0.25, 0.3) is 0 Å². The highest BCUT2D eigenvalue weighted by Crippen LogP contribution is 2.48. The van der Waals surface area contributed by atoms with Crippen LogP contribution in [0.15, 0.2) is 192 Å². The first-order valence-corrected chi connectivity index (χ1v) is 19.6. The van der Waals surface area contributed by atoms with Crippen molar-refractivity contribution < 1.29 is 4.42 Å². The normalized spacial score (nSPS) is 11.7. The fourth-order valence-corrected chi connectivity index (χ4v) is 9.00. The number of para-hydroxylation sites is 5. The predicted octanol–water partition coefficient (Wildman–Crippen LogP) is 14.1. The van der Waals surface area contributed by atoms with Gasteiger partial charge in [-0.25, -0.2) is 14.8 Å². The van der Waals surface area contributed by atoms with Crippen LogP contribution in [-0.2, 0) is 0 Å². The maximum Gasteiger partial charge on any atom is 0.222 e. The number of benzene rings is 8. The summed E-state index contributed by atoms with van der Waals surface area (Å²) < 4.78 is 11.8. The second-order valence-corrected chi connectivity index (χ2v) is 14.8. The first-order valence-electron chi connectivity index (χ1n) is 19.6. The van der Waals surface area contributed by atoms with Crippen LogP contribution in [0.25, 0.3) is 116 Å². The quantitative estimate of drug-likeness (QED) is 0.164. The maximum absolute atomic E-state index is 8.91. The standard InChI is InChI=1S/C53H31N5O/c1-54-50-47(57-43-27-12-8-21-35(43)36-22-9-13-28-44(36)57)32-48(58-45-29-14-10-23-37(45)38-24-11-15-30-46(38)58)52-49(50)39-25-16-26-40(51(39)59-52)53-55-41(33-17-4-2-5-18-33)31-42(56-53)34-19-6-3-7-20-34/h2-32H. The molecule has 0 spiro atoms. The van der Waals surface area contributed by atoms with Crippen molar-refractivity contribution in [3.05, 3.63) is 199 Å². The Labute approximate surface area is 338 Å². The first kappa shape index (κ1) is 32.9. The monoisotopic (exact) mass is 753 g/mol. The molecule has 274 valence electrons. The molecule has 0 unspecified atom stereocenters. The van der Waals surface area contributed by atoms with Gasteiger partial charge in [0, 0.05) is 43.4 Å². The second kappa shape index (κ2) is 12.9. The molecule has 0 aliphatic rings. The average Bonchev–Trinajstić information content (AvgIpc) is 3.97. The van der Waals surface area contributed by atoms with E-state index in [0.717, 1.165) is 93.8 Å². The molecule has 0 atom stereocenters. The zero-order valence-corrected chi connectivity index (χ0v) is 31.5. The molecule has 0 saturated heterocycles. The molecule has 4 heterocycles. The van der Waals surface area contributed by atoms with Crippen molar-refractivity contribution in [1.82, 2.24) is 19.1 Å². The van der Waals surface area contributed by atoms with Crippen molar-refractivity contribution in [2.24, 2.45) is 0 Å². The second-order valence-electron chi connectivity index (χ2n) is 14.8. The van der Waals surface area contributed by atoms with E-state index in [-0.39, 0.29) is 0 Å². The Morgan fingerprint density at radius 2 is 0.864 bits per heavy atom. The van der Waals surface area contributed by atoms with Crippen molar-refractivity contribution in [3.63, 3.8) is 0 Å². The molecule has 0 aliphatic heterocycles. The summed E-state index contributed by atoms with van der Waals surface area (Å²) in [6, 6.07) is 64.5. The molecule has 0 fully saturated rings. The molecule has 4 aromatic heterocycles. The maximum atomic E-state index is 8.91. The van der Waals surface area contributed by atoms with Crippen molar-refractivity contribution in [1.29, 1.82) is 0 Å². The van der Waals surface area contributed by atoms with Gasteiger partial charge in [-0.2, -0.15) is 0 Å². The summed E-state index contributed by atoms with van der Waals surface area (Å²) in [7, 11) is 0. The number of furan rings is 1. The molecule has 0 N–H and O–H groups in total. The average molecular weight is 754 g/mol. The lowest BCUT2D eigenvalue weighted by atomic mass is 10.0. The minimum Gasteiger partial charge on any atom is -0.454 e. The third kappa shape index (κ3) is 4.92. The minimum absolute atomic E-state index is 0.510. The van der Waals surface area contributed by atoms with Gasteiger partial charge in [-0.05, 0) is 42.5 Å². The van der Waals surface area contributed by atoms with Crippen molar-refractivity contribution in [2.75, 3.05) is 0 Å². The lowest BCUT2D eigenvalue weighted by Crippen LogP contribution is -2.00. The lowest BCUT2D eigenvalue weighted by Gasteiger charge is -2.16. The van der Waals surface area contributed by atoms with Gasteiger partial charge < -0.3 is 13.6 Å². The summed E-state index contributed by atoms with van der Waals surface area (Å²) in [6.07, 6.45) is 0. The van der Waals surface area contributed by atoms with Crippen LogP contribution in [0.2, 0.25) is 0 Å². The van der Waals surface area contributed by atoms with Crippen LogP contribution in [0, 0.1) is 6.57 Å². The molecule has 0 radical (unpaired) electrons. The number of hydrogen-bond donors (Lipinski definition) is 0. The summed E-state index contributed by atoms with van der Waals surface area (Å²) >= 11 is 0. The fraction of sp³-hybridized carbons (Fsp3) is 0. The number of hydrogen-bond acceptors (Lipinski definition) is 3. The summed E-state index contributed by atoms with van der Waals surface area (Å²) in [6.45, 7) is 8.91. The van der Waals surface area contributed by atoms with Crippen LogP contribution in [-0.4, -0.2) is 19.1 Å². The largest absolute Gasteiger partial charge is 0.454 e. The van der Waals surface area contributed by atoms with E-state index in [1.54, 1.807) is 0 Å². The SMILES string of the molecule is [C-]#[N+]c1c(-n2c3ccccc3c3ccccc32)cc(-n2c3ccccc3c3ccccc32)c2oc3c(-c4nc(-c5ccccc5)cc(-c5ccccc5)n4)cccc3c12. The molecule has 0 amide bonds. The van der Waals surface area contributed by atoms with Crippen LogP contribution in [0.1, 0.15) is 0 Å². The molecule has 12 rings (SSSR count). The van der Waals surface area contributed by atoms with Crippen LogP contribution in [0.3, 0.4) is 0 Å². The van der Waals surface area contributed by atoms with Gasteiger partial charge >= 0.3 is 0 Å². The molecule has 6 nitrogen and oxygen atoms in total. The smallest absolute Gasteiger partial charge is 0.222 e. The molecule has 12 aromatic rings. The molecule has 0 saturated carbocycles. The Kier molecular flexibility index (Phi) is 7.19. The Morgan fingerprint density at radius 1 is 0.424 bits per heavy atom. The summed E-state index contributed by atoms with van der Waals surface area (Å²) in [5.41, 5.74) is 11.9. The zero-order valence-electron chi connectivity index (χ0n) is 31.5. The number of fused-ring (bicyclic) bond motifs is 9. The number of nitrogens with zero attached hydrogens (tertiary/aromatic N) is 5. The van der Waals surface area contributed by atoms with Crippen LogP contribution < -0.4 is 0 Å². The summed E-state index contributed by atoms with van der Waals surface area (Å²) in [5.74, 6) is 0.542. The lowest BCUT2D eigenvalue weighted by molar-refractivity contribution is 0.667. The first-order chi connectivity index (χ1) is 29.2. The molecule has 0 aliphatic carbocycles. The topological polar surface area (TPSA) is 53.1 Å². The van der Waals surface area contributed by atoms with Gasteiger partial charge in [0.15, 0.2) is 5.82 Å². The highest BCUT2D eigenvalue weighted by molar-refractivity contribution is 6.21. The Balaban J connectivity index is 1.23. The van der Waals surface area contributed by atoms with Gasteiger partial charge in [-0.15, -0.1) is 0 Å². The Bertz CT molecular complexity index is 3520. The Hall–Kier alpha value is -8.27. The molecule has 59 heavy (non-hydrogen) atoms. The highest BCUT2D eigenvalue weighted by Gasteiger charge is 2.27. The predicted molar refractivity (Wildman–Crippen MR) is 241 cm³/mol. The van der Waals surface area contributed by atoms with E-state index in [1.165, 1.54) is 0 Å². The van der Waals surface area contributed by atoms with Crippen molar-refractivity contribution in [2.45, 2.75) is 0 Å². The van der Waals surface area contributed by atoms with Crippen molar-refractivity contribution >= 4 is 71.2 Å². The van der Waals surface area contributed by atoms with E-state index >= 15 is 0 Å². The van der Waals surface area contributed by atoms with Crippen LogP contribution >= 0.6 is 0 Å². The molecule has 0 bridgehead atoms. The van der Waals surface area contributed by atoms with E-state index in [0.29, 0.717) is 22.7 Å². The zero-order chi connectivity index (χ0) is 39.0. The van der Waals surface area contributed by atoms with E-state index in [1.807, 2.05) is 54.6 Å². The number of aromatic nitrogens is 4. The van der Waals surface area contributed by atoms with Crippen LogP contribution in [0.4, 0.5) is 5.69 Å². The third-order valence-corrected chi connectivity index (χ3v) is 11.6. The fourth-order valence-electron chi connectivity index (χ4n) is 9.00. The Morgan fingerprint density at radius 3 is 1.36 bits per heavy atom. The van der Waals surface area contributed by atoms with E-state index in [2.05, 4.69) is 147 Å². The minimum atomic E-state index is 0.510. The van der Waals surface area contributed by atoms with E-state index in [9.17, 15) is 0 Å². The van der Waals surface area contributed by atoms with Gasteiger partial charge in [0.05, 0.1) is 57.0 Å². The summed E-state index contributed by atoms with van der Waals surface area (Å²) in [5, 5.41) is 6.10. The molecule has 8 aromatic carbocycles. The highest BCUT2D eigenvalue weighted by atomic mass is 16.3. The van der Waals surface area contributed by atoms with E-state index < -0.39 is 0 Å². The summed E-state index contributed by atoms with van der Waals surface area (Å²) in [4.78, 5) is 14.8. The third-order valence-electron chi connectivity index (χ3n) is 11.6. The molecular formula is C53H31N5O. The molecule has 6 heteroatoms. The van der Waals surface area contributed by atoms with E-state index in [4.69, 9.17) is 21.0 Å².